The Kier molecular flexibility index (Phi) is 5.78. The van der Waals surface area contributed by atoms with Gasteiger partial charge in [-0.15, -0.1) is 0 Å². The standard InChI is InChI=1S/C24H28N4O4/c1-15-12-19(27-22(29)31-13-16-8-6-5-7-9-16)20-17(26-15)10-11-18-21(20)28(14-25-18)23(30)32-24(2,3)4/h5-11,14-15,19,26H,12-13H2,1-4H3,(H,27,29)/t15-,19+/m0/s1. The summed E-state index contributed by atoms with van der Waals surface area (Å²) in [4.78, 5) is 29.8. The van der Waals surface area contributed by atoms with Crippen LogP contribution in [0.15, 0.2) is 48.8 Å². The number of nitrogens with zero attached hydrogens (tertiary/aromatic N) is 2. The number of ether oxygens (including phenoxy) is 2. The number of benzene rings is 2. The Bertz CT molecular complexity index is 1130. The molecule has 0 bridgehead atoms. The summed E-state index contributed by atoms with van der Waals surface area (Å²) in [6.07, 6.45) is 1.06. The van der Waals surface area contributed by atoms with Crippen LogP contribution in [0.3, 0.4) is 0 Å². The van der Waals surface area contributed by atoms with Crippen molar-refractivity contribution < 1.29 is 19.1 Å². The Hall–Kier alpha value is -3.55. The van der Waals surface area contributed by atoms with E-state index in [1.54, 1.807) is 0 Å². The minimum Gasteiger partial charge on any atom is -0.445 e. The van der Waals surface area contributed by atoms with Crippen LogP contribution in [0.25, 0.3) is 11.0 Å². The van der Waals surface area contributed by atoms with Crippen molar-refractivity contribution in [2.45, 2.75) is 58.4 Å². The van der Waals surface area contributed by atoms with Crippen molar-refractivity contribution in [2.24, 2.45) is 0 Å². The molecule has 168 valence electrons. The van der Waals surface area contributed by atoms with Crippen molar-refractivity contribution >= 4 is 28.9 Å². The number of anilines is 1. The van der Waals surface area contributed by atoms with Gasteiger partial charge < -0.3 is 20.1 Å². The van der Waals surface area contributed by atoms with E-state index >= 15 is 0 Å². The SMILES string of the molecule is C[C@H]1C[C@@H](NC(=O)OCc2ccccc2)c2c(ccc3ncn(C(=O)OC(C)(C)C)c23)N1. The molecule has 0 fully saturated rings. The maximum absolute atomic E-state index is 12.8. The summed E-state index contributed by atoms with van der Waals surface area (Å²) >= 11 is 0. The van der Waals surface area contributed by atoms with E-state index in [0.717, 1.165) is 16.8 Å². The van der Waals surface area contributed by atoms with Crippen LogP contribution in [0, 0.1) is 0 Å². The van der Waals surface area contributed by atoms with Gasteiger partial charge >= 0.3 is 12.2 Å². The highest BCUT2D eigenvalue weighted by molar-refractivity contribution is 5.93. The smallest absolute Gasteiger partial charge is 0.420 e. The van der Waals surface area contributed by atoms with Crippen LogP contribution in [0.4, 0.5) is 15.3 Å². The minimum atomic E-state index is -0.645. The van der Waals surface area contributed by atoms with Gasteiger partial charge in [-0.05, 0) is 51.8 Å². The zero-order valence-electron chi connectivity index (χ0n) is 18.7. The molecule has 0 aliphatic carbocycles. The molecule has 3 aromatic rings. The van der Waals surface area contributed by atoms with Crippen molar-refractivity contribution in [3.63, 3.8) is 0 Å². The number of hydrogen-bond acceptors (Lipinski definition) is 6. The fraction of sp³-hybridized carbons (Fsp3) is 0.375. The van der Waals surface area contributed by atoms with Gasteiger partial charge in [0.2, 0.25) is 0 Å². The molecule has 0 saturated heterocycles. The van der Waals surface area contributed by atoms with Gasteiger partial charge in [-0.1, -0.05) is 30.3 Å². The summed E-state index contributed by atoms with van der Waals surface area (Å²) in [6.45, 7) is 7.67. The molecule has 8 heteroatoms. The number of carbonyl (C=O) groups is 2. The molecule has 0 spiro atoms. The average Bonchev–Trinajstić information content (AvgIpc) is 3.16. The Labute approximate surface area is 186 Å². The first kappa shape index (κ1) is 21.7. The van der Waals surface area contributed by atoms with E-state index in [1.807, 2.05) is 70.2 Å². The van der Waals surface area contributed by atoms with Crippen molar-refractivity contribution in [2.75, 3.05) is 5.32 Å². The Balaban J connectivity index is 1.63. The number of rotatable bonds is 3. The van der Waals surface area contributed by atoms with E-state index in [1.165, 1.54) is 10.9 Å². The molecule has 1 aliphatic heterocycles. The van der Waals surface area contributed by atoms with Gasteiger partial charge in [-0.25, -0.2) is 19.1 Å². The highest BCUT2D eigenvalue weighted by Crippen LogP contribution is 2.38. The molecule has 8 nitrogen and oxygen atoms in total. The van der Waals surface area contributed by atoms with Crippen LogP contribution in [0.5, 0.6) is 0 Å². The van der Waals surface area contributed by atoms with Gasteiger partial charge in [0, 0.05) is 17.3 Å². The van der Waals surface area contributed by atoms with Gasteiger partial charge in [-0.3, -0.25) is 0 Å². The predicted molar refractivity (Wildman–Crippen MR) is 122 cm³/mol. The molecule has 2 aromatic carbocycles. The van der Waals surface area contributed by atoms with Crippen molar-refractivity contribution in [3.05, 3.63) is 59.9 Å². The van der Waals surface area contributed by atoms with E-state index in [9.17, 15) is 9.59 Å². The first-order valence-corrected chi connectivity index (χ1v) is 10.7. The maximum Gasteiger partial charge on any atom is 0.420 e. The van der Waals surface area contributed by atoms with Gasteiger partial charge in [0.15, 0.2) is 0 Å². The quantitative estimate of drug-likeness (QED) is 0.601. The second kappa shape index (κ2) is 8.53. The molecule has 1 aliphatic rings. The first-order valence-electron chi connectivity index (χ1n) is 10.7. The number of fused-ring (bicyclic) bond motifs is 3. The van der Waals surface area contributed by atoms with Crippen molar-refractivity contribution in [1.82, 2.24) is 14.9 Å². The largest absolute Gasteiger partial charge is 0.445 e. The summed E-state index contributed by atoms with van der Waals surface area (Å²) in [5.74, 6) is 0. The number of imidazole rings is 1. The molecule has 32 heavy (non-hydrogen) atoms. The monoisotopic (exact) mass is 436 g/mol. The van der Waals surface area contributed by atoms with Gasteiger partial charge in [0.05, 0.1) is 17.1 Å². The molecule has 1 aromatic heterocycles. The Morgan fingerprint density at radius 2 is 1.94 bits per heavy atom. The summed E-state index contributed by atoms with van der Waals surface area (Å²) < 4.78 is 12.4. The van der Waals surface area contributed by atoms with Crippen LogP contribution in [-0.4, -0.2) is 33.4 Å². The van der Waals surface area contributed by atoms with Crippen molar-refractivity contribution in [1.29, 1.82) is 0 Å². The van der Waals surface area contributed by atoms with Crippen LogP contribution in [0.1, 0.15) is 51.3 Å². The molecule has 0 saturated carbocycles. The number of alkyl carbamates (subject to hydrolysis) is 1. The molecule has 1 amide bonds. The van der Waals surface area contributed by atoms with E-state index < -0.39 is 17.8 Å². The van der Waals surface area contributed by atoms with Gasteiger partial charge in [0.1, 0.15) is 18.5 Å². The molecule has 4 rings (SSSR count). The normalized spacial score (nSPS) is 17.9. The third-order valence-electron chi connectivity index (χ3n) is 5.18. The highest BCUT2D eigenvalue weighted by Gasteiger charge is 2.31. The summed E-state index contributed by atoms with van der Waals surface area (Å²) in [6, 6.07) is 13.1. The van der Waals surface area contributed by atoms with Crippen LogP contribution in [-0.2, 0) is 16.1 Å². The molecule has 0 radical (unpaired) electrons. The van der Waals surface area contributed by atoms with Crippen LogP contribution in [0.2, 0.25) is 0 Å². The predicted octanol–water partition coefficient (Wildman–Crippen LogP) is 4.99. The number of nitrogens with one attached hydrogen (secondary N) is 2. The maximum atomic E-state index is 12.8. The Morgan fingerprint density at radius 3 is 2.66 bits per heavy atom. The zero-order chi connectivity index (χ0) is 22.9. The molecular formula is C24H28N4O4. The topological polar surface area (TPSA) is 94.5 Å². The number of amides is 1. The second-order valence-electron chi connectivity index (χ2n) is 9.03. The fourth-order valence-electron chi connectivity index (χ4n) is 3.89. The van der Waals surface area contributed by atoms with Gasteiger partial charge in [0.25, 0.3) is 0 Å². The first-order chi connectivity index (χ1) is 15.2. The minimum absolute atomic E-state index is 0.122. The molecular weight excluding hydrogens is 408 g/mol. The summed E-state index contributed by atoms with van der Waals surface area (Å²) in [5, 5.41) is 6.41. The lowest BCUT2D eigenvalue weighted by molar-refractivity contribution is 0.0543. The van der Waals surface area contributed by atoms with Crippen LogP contribution < -0.4 is 10.6 Å². The van der Waals surface area contributed by atoms with Gasteiger partial charge in [-0.2, -0.15) is 0 Å². The lowest BCUT2D eigenvalue weighted by Crippen LogP contribution is -2.37. The van der Waals surface area contributed by atoms with E-state index in [4.69, 9.17) is 9.47 Å². The Morgan fingerprint density at radius 1 is 1.19 bits per heavy atom. The fourth-order valence-corrected chi connectivity index (χ4v) is 3.89. The van der Waals surface area contributed by atoms with Crippen molar-refractivity contribution in [3.8, 4) is 0 Å². The average molecular weight is 437 g/mol. The number of aromatic nitrogens is 2. The van der Waals surface area contributed by atoms with E-state index in [2.05, 4.69) is 15.6 Å². The molecule has 2 atom stereocenters. The van der Waals surface area contributed by atoms with E-state index in [-0.39, 0.29) is 18.7 Å². The third kappa shape index (κ3) is 4.69. The molecule has 2 N–H and O–H groups in total. The molecule has 2 heterocycles. The molecule has 0 unspecified atom stereocenters. The lowest BCUT2D eigenvalue weighted by Gasteiger charge is -2.32. The second-order valence-corrected chi connectivity index (χ2v) is 9.03. The number of carbonyl (C=O) groups excluding carboxylic acids is 2. The highest BCUT2D eigenvalue weighted by atomic mass is 16.6. The van der Waals surface area contributed by atoms with Crippen LogP contribution >= 0.6 is 0 Å². The number of hydrogen-bond donors (Lipinski definition) is 2. The third-order valence-corrected chi connectivity index (χ3v) is 5.18. The zero-order valence-corrected chi connectivity index (χ0v) is 18.7. The summed E-state index contributed by atoms with van der Waals surface area (Å²) in [7, 11) is 0. The van der Waals surface area contributed by atoms with E-state index in [0.29, 0.717) is 17.5 Å². The lowest BCUT2D eigenvalue weighted by atomic mass is 9.92. The summed E-state index contributed by atoms with van der Waals surface area (Å²) in [5.41, 5.74) is 3.16.